The molecule has 0 aliphatic heterocycles. The Balaban J connectivity index is 2.00. The minimum atomic E-state index is -3.26. The number of hydrogen-bond acceptors (Lipinski definition) is 2. The fourth-order valence-corrected chi connectivity index (χ4v) is 3.91. The van der Waals surface area contributed by atoms with Gasteiger partial charge in [-0.1, -0.05) is 48.5 Å². The second-order valence-corrected chi connectivity index (χ2v) is 6.92. The Hall–Kier alpha value is -1.81. The predicted molar refractivity (Wildman–Crippen MR) is 88.0 cm³/mol. The second kappa shape index (κ2) is 7.27. The van der Waals surface area contributed by atoms with Crippen molar-refractivity contribution in [2.45, 2.75) is 19.8 Å². The highest BCUT2D eigenvalue weighted by atomic mass is 32.2. The van der Waals surface area contributed by atoms with Crippen molar-refractivity contribution in [2.24, 2.45) is 0 Å². The van der Waals surface area contributed by atoms with E-state index in [4.69, 9.17) is 0 Å². The van der Waals surface area contributed by atoms with Gasteiger partial charge < -0.3 is 0 Å². The molecule has 0 aliphatic rings. The Bertz CT molecular complexity index is 639. The van der Waals surface area contributed by atoms with E-state index in [1.807, 2.05) is 67.6 Å². The first-order valence-corrected chi connectivity index (χ1v) is 8.84. The van der Waals surface area contributed by atoms with Crippen molar-refractivity contribution in [3.05, 3.63) is 66.2 Å². The summed E-state index contributed by atoms with van der Waals surface area (Å²) in [6, 6.07) is 19.3. The fourth-order valence-electron chi connectivity index (χ4n) is 2.35. The SMILES string of the molecule is CCN(c1ccccc1)S(=O)(=O)CCCc1ccccc1. The first-order valence-electron chi connectivity index (χ1n) is 7.23. The number of benzene rings is 2. The van der Waals surface area contributed by atoms with Crippen molar-refractivity contribution < 1.29 is 8.42 Å². The molecule has 0 unspecified atom stereocenters. The van der Waals surface area contributed by atoms with Crippen LogP contribution in [0.2, 0.25) is 0 Å². The van der Waals surface area contributed by atoms with Gasteiger partial charge in [0.25, 0.3) is 0 Å². The molecule has 0 saturated heterocycles. The van der Waals surface area contributed by atoms with Crippen LogP contribution in [0.4, 0.5) is 5.69 Å². The standard InChI is InChI=1S/C17H21NO2S/c1-2-18(17-13-7-4-8-14-17)21(19,20)15-9-12-16-10-5-3-6-11-16/h3-8,10-11,13-14H,2,9,12,15H2,1H3. The van der Waals surface area contributed by atoms with Gasteiger partial charge in [0.15, 0.2) is 0 Å². The van der Waals surface area contributed by atoms with Gasteiger partial charge in [0.05, 0.1) is 11.4 Å². The summed E-state index contributed by atoms with van der Waals surface area (Å²) < 4.78 is 26.4. The Morgan fingerprint density at radius 3 is 2.05 bits per heavy atom. The van der Waals surface area contributed by atoms with Crippen molar-refractivity contribution in [1.82, 2.24) is 0 Å². The van der Waals surface area contributed by atoms with Gasteiger partial charge in [-0.15, -0.1) is 0 Å². The van der Waals surface area contributed by atoms with Crippen molar-refractivity contribution in [3.63, 3.8) is 0 Å². The molecular formula is C17H21NO2S. The third-order valence-electron chi connectivity index (χ3n) is 3.38. The van der Waals surface area contributed by atoms with Crippen LogP contribution in [0.3, 0.4) is 0 Å². The smallest absolute Gasteiger partial charge is 0.235 e. The van der Waals surface area contributed by atoms with Crippen LogP contribution in [0.25, 0.3) is 0 Å². The van der Waals surface area contributed by atoms with Gasteiger partial charge in [-0.25, -0.2) is 8.42 Å². The average molecular weight is 303 g/mol. The highest BCUT2D eigenvalue weighted by molar-refractivity contribution is 7.92. The Morgan fingerprint density at radius 1 is 0.905 bits per heavy atom. The molecule has 0 aliphatic carbocycles. The maximum atomic E-state index is 12.5. The van der Waals surface area contributed by atoms with Crippen molar-refractivity contribution >= 4 is 15.7 Å². The van der Waals surface area contributed by atoms with Crippen LogP contribution in [0.5, 0.6) is 0 Å². The number of aryl methyl sites for hydroxylation is 1. The Kier molecular flexibility index (Phi) is 5.39. The summed E-state index contributed by atoms with van der Waals surface area (Å²) in [6.07, 6.45) is 1.42. The van der Waals surface area contributed by atoms with Gasteiger partial charge in [0.1, 0.15) is 0 Å². The molecular weight excluding hydrogens is 282 g/mol. The normalized spacial score (nSPS) is 11.3. The number of anilines is 1. The molecule has 2 aromatic carbocycles. The maximum Gasteiger partial charge on any atom is 0.235 e. The molecule has 0 heterocycles. The van der Waals surface area contributed by atoms with E-state index in [1.54, 1.807) is 0 Å². The lowest BCUT2D eigenvalue weighted by molar-refractivity contribution is 0.589. The average Bonchev–Trinajstić information content (AvgIpc) is 2.49. The molecule has 2 aromatic rings. The predicted octanol–water partition coefficient (Wildman–Crippen LogP) is 3.48. The topological polar surface area (TPSA) is 37.4 Å². The molecule has 21 heavy (non-hydrogen) atoms. The molecule has 0 fully saturated rings. The molecule has 0 saturated carbocycles. The quantitative estimate of drug-likeness (QED) is 0.785. The number of para-hydroxylation sites is 1. The number of nitrogens with zero attached hydrogens (tertiary/aromatic N) is 1. The van der Waals surface area contributed by atoms with E-state index in [9.17, 15) is 8.42 Å². The fraction of sp³-hybridized carbons (Fsp3) is 0.294. The molecule has 0 radical (unpaired) electrons. The summed E-state index contributed by atoms with van der Waals surface area (Å²) in [6.45, 7) is 2.32. The van der Waals surface area contributed by atoms with Crippen LogP contribution >= 0.6 is 0 Å². The molecule has 112 valence electrons. The molecule has 0 bridgehead atoms. The summed E-state index contributed by atoms with van der Waals surface area (Å²) in [4.78, 5) is 0. The molecule has 3 nitrogen and oxygen atoms in total. The second-order valence-electron chi connectivity index (χ2n) is 4.91. The van der Waals surface area contributed by atoms with Gasteiger partial charge in [-0.05, 0) is 37.5 Å². The zero-order chi connectivity index (χ0) is 15.1. The highest BCUT2D eigenvalue weighted by Crippen LogP contribution is 2.18. The van der Waals surface area contributed by atoms with Crippen molar-refractivity contribution in [3.8, 4) is 0 Å². The first kappa shape index (κ1) is 15.6. The first-order chi connectivity index (χ1) is 10.1. The minimum absolute atomic E-state index is 0.171. The van der Waals surface area contributed by atoms with E-state index >= 15 is 0 Å². The molecule has 4 heteroatoms. The van der Waals surface area contributed by atoms with Gasteiger partial charge in [-0.3, -0.25) is 4.31 Å². The molecule has 0 amide bonds. The zero-order valence-electron chi connectivity index (χ0n) is 12.3. The molecule has 0 N–H and O–H groups in total. The summed E-state index contributed by atoms with van der Waals surface area (Å²) in [5.74, 6) is 0.171. The summed E-state index contributed by atoms with van der Waals surface area (Å²) >= 11 is 0. The lowest BCUT2D eigenvalue weighted by atomic mass is 10.1. The molecule has 0 aromatic heterocycles. The van der Waals surface area contributed by atoms with Crippen molar-refractivity contribution in [2.75, 3.05) is 16.6 Å². The summed E-state index contributed by atoms with van der Waals surface area (Å²) in [5.41, 5.74) is 1.91. The van der Waals surface area contributed by atoms with E-state index in [-0.39, 0.29) is 5.75 Å². The Morgan fingerprint density at radius 2 is 1.48 bits per heavy atom. The van der Waals surface area contributed by atoms with Crippen LogP contribution in [-0.2, 0) is 16.4 Å². The number of rotatable bonds is 7. The van der Waals surface area contributed by atoms with Crippen LogP contribution < -0.4 is 4.31 Å². The third kappa shape index (κ3) is 4.33. The van der Waals surface area contributed by atoms with Gasteiger partial charge in [0.2, 0.25) is 10.0 Å². The van der Waals surface area contributed by atoms with Crippen LogP contribution in [0, 0.1) is 0 Å². The van der Waals surface area contributed by atoms with Crippen molar-refractivity contribution in [1.29, 1.82) is 0 Å². The Labute approximate surface area is 127 Å². The highest BCUT2D eigenvalue weighted by Gasteiger charge is 2.20. The lowest BCUT2D eigenvalue weighted by Crippen LogP contribution is -2.32. The monoisotopic (exact) mass is 303 g/mol. The number of hydrogen-bond donors (Lipinski definition) is 0. The molecule has 0 spiro atoms. The van der Waals surface area contributed by atoms with Crippen LogP contribution in [0.15, 0.2) is 60.7 Å². The molecule has 2 rings (SSSR count). The van der Waals surface area contributed by atoms with Crippen LogP contribution in [0.1, 0.15) is 18.9 Å². The molecule has 0 atom stereocenters. The largest absolute Gasteiger partial charge is 0.271 e. The van der Waals surface area contributed by atoms with E-state index < -0.39 is 10.0 Å². The minimum Gasteiger partial charge on any atom is -0.271 e. The third-order valence-corrected chi connectivity index (χ3v) is 5.32. The van der Waals surface area contributed by atoms with Crippen LogP contribution in [-0.4, -0.2) is 20.7 Å². The van der Waals surface area contributed by atoms with Gasteiger partial charge >= 0.3 is 0 Å². The van der Waals surface area contributed by atoms with E-state index in [0.717, 1.165) is 12.1 Å². The summed E-state index contributed by atoms with van der Waals surface area (Å²) in [5, 5.41) is 0. The van der Waals surface area contributed by atoms with E-state index in [0.29, 0.717) is 13.0 Å². The maximum absolute atomic E-state index is 12.5. The summed E-state index contributed by atoms with van der Waals surface area (Å²) in [7, 11) is -3.26. The lowest BCUT2D eigenvalue weighted by Gasteiger charge is -2.22. The van der Waals surface area contributed by atoms with Gasteiger partial charge in [0, 0.05) is 6.54 Å². The van der Waals surface area contributed by atoms with Gasteiger partial charge in [-0.2, -0.15) is 0 Å². The van der Waals surface area contributed by atoms with E-state index in [1.165, 1.54) is 9.87 Å². The number of sulfonamides is 1. The zero-order valence-corrected chi connectivity index (χ0v) is 13.1. The van der Waals surface area contributed by atoms with E-state index in [2.05, 4.69) is 0 Å².